The van der Waals surface area contributed by atoms with Crippen molar-refractivity contribution in [1.29, 1.82) is 0 Å². The van der Waals surface area contributed by atoms with Crippen LogP contribution in [0.4, 0.5) is 0 Å². The largest absolute Gasteiger partial charge is 0.545 e. The second kappa shape index (κ2) is 69.7. The van der Waals surface area contributed by atoms with Crippen LogP contribution in [0.25, 0.3) is 0 Å². The van der Waals surface area contributed by atoms with E-state index in [0.29, 0.717) is 17.4 Å². The summed E-state index contributed by atoms with van der Waals surface area (Å²) in [4.78, 5) is 37.5. The number of hydrogen-bond donors (Lipinski definition) is 0. The molecule has 9 heteroatoms. The highest BCUT2D eigenvalue weighted by atomic mass is 16.7. The number of aliphatic carboxylic acids is 1. The lowest BCUT2D eigenvalue weighted by Crippen LogP contribution is -2.44. The maximum absolute atomic E-state index is 13.0. The summed E-state index contributed by atoms with van der Waals surface area (Å²) in [5.41, 5.74) is 0. The van der Waals surface area contributed by atoms with Crippen molar-refractivity contribution in [3.63, 3.8) is 0 Å². The number of rotatable bonds is 73. The van der Waals surface area contributed by atoms with Gasteiger partial charge in [0.05, 0.1) is 40.3 Å². The minimum atomic E-state index is -1.62. The van der Waals surface area contributed by atoms with E-state index in [-0.39, 0.29) is 32.2 Å². The van der Waals surface area contributed by atoms with Gasteiger partial charge in [-0.25, -0.2) is 0 Å². The van der Waals surface area contributed by atoms with Gasteiger partial charge in [-0.15, -0.1) is 0 Å². The Bertz CT molecular complexity index is 1480. The molecule has 0 saturated heterocycles. The van der Waals surface area contributed by atoms with E-state index in [4.69, 9.17) is 18.9 Å². The van der Waals surface area contributed by atoms with Crippen LogP contribution in [0.5, 0.6) is 0 Å². The number of quaternary nitrogens is 1. The Labute approximate surface area is 541 Å². The average Bonchev–Trinajstić information content (AvgIpc) is 3.57. The summed E-state index contributed by atoms with van der Waals surface area (Å²) >= 11 is 0. The summed E-state index contributed by atoms with van der Waals surface area (Å²) in [6.07, 6.45) is 84.4. The predicted octanol–water partition coefficient (Wildman–Crippen LogP) is 22.8. The molecule has 0 rings (SSSR count). The molecule has 0 aromatic rings. The Morgan fingerprint density at radius 2 is 0.586 bits per heavy atom. The molecule has 514 valence electrons. The first-order valence-corrected chi connectivity index (χ1v) is 38.5. The monoisotopic (exact) mass is 1230 g/mol. The van der Waals surface area contributed by atoms with Crippen molar-refractivity contribution < 1.29 is 42.9 Å². The molecule has 0 amide bonds. The van der Waals surface area contributed by atoms with Gasteiger partial charge in [-0.3, -0.25) is 9.59 Å². The fourth-order valence-corrected chi connectivity index (χ4v) is 11.8. The number of carbonyl (C=O) groups excluding carboxylic acids is 3. The molecular formula is C78H149NO8. The second-order valence-electron chi connectivity index (χ2n) is 27.6. The van der Waals surface area contributed by atoms with Crippen molar-refractivity contribution in [3.05, 3.63) is 24.3 Å². The summed E-state index contributed by atoms with van der Waals surface area (Å²) in [7, 11) is 5.95. The number of hydrogen-bond acceptors (Lipinski definition) is 8. The Hall–Kier alpha value is -2.23. The third-order valence-electron chi connectivity index (χ3n) is 17.7. The molecule has 0 aliphatic rings. The molecule has 0 heterocycles. The average molecular weight is 1230 g/mol. The molecule has 0 spiro atoms. The number of ether oxygens (including phenoxy) is 4. The van der Waals surface area contributed by atoms with E-state index in [0.717, 1.165) is 38.5 Å². The summed E-state index contributed by atoms with van der Waals surface area (Å²) in [6, 6.07) is 0. The van der Waals surface area contributed by atoms with Crippen molar-refractivity contribution in [2.24, 2.45) is 0 Å². The number of carbonyl (C=O) groups is 3. The van der Waals surface area contributed by atoms with Crippen LogP contribution < -0.4 is 5.11 Å². The highest BCUT2D eigenvalue weighted by Gasteiger charge is 2.22. The zero-order valence-corrected chi connectivity index (χ0v) is 58.9. The van der Waals surface area contributed by atoms with E-state index in [2.05, 4.69) is 38.2 Å². The molecule has 0 aromatic carbocycles. The van der Waals surface area contributed by atoms with Crippen LogP contribution in [-0.2, 0) is 33.3 Å². The fourth-order valence-electron chi connectivity index (χ4n) is 11.8. The van der Waals surface area contributed by atoms with Gasteiger partial charge < -0.3 is 33.3 Å². The van der Waals surface area contributed by atoms with Gasteiger partial charge in [-0.2, -0.15) is 0 Å². The van der Waals surface area contributed by atoms with Crippen LogP contribution in [0.2, 0.25) is 0 Å². The molecule has 2 unspecified atom stereocenters. The van der Waals surface area contributed by atoms with Gasteiger partial charge in [0.1, 0.15) is 13.2 Å². The molecule has 2 atom stereocenters. The van der Waals surface area contributed by atoms with E-state index in [1.165, 1.54) is 334 Å². The Morgan fingerprint density at radius 3 is 0.851 bits per heavy atom. The number of carboxylic acids is 1. The number of likely N-dealkylation sites (N-methyl/N-ethyl adjacent to an activating group) is 1. The van der Waals surface area contributed by atoms with E-state index < -0.39 is 24.3 Å². The Kier molecular flexibility index (Phi) is 67.9. The van der Waals surface area contributed by atoms with Gasteiger partial charge in [0.25, 0.3) is 0 Å². The molecule has 0 N–H and O–H groups in total. The van der Waals surface area contributed by atoms with Crippen LogP contribution in [0, 0.1) is 0 Å². The van der Waals surface area contributed by atoms with Crippen LogP contribution in [0.3, 0.4) is 0 Å². The van der Waals surface area contributed by atoms with E-state index in [1.54, 1.807) is 0 Å². The standard InChI is InChI=1S/C78H149NO8/c1-6-8-10-12-14-16-18-20-22-24-26-28-30-32-33-34-35-36-37-38-39-40-41-42-43-45-47-49-51-53-55-57-59-61-63-65-67-69-76(81)87-74(73-86-78(77(82)83)84-71-70-79(3,4)5)72-85-75(80)68-66-64-62-60-58-56-54-52-50-48-46-44-31-29-27-25-23-21-19-17-15-13-11-9-7-2/h24-27,74,78H,6-23,28-73H2,1-5H3/b26-24-,27-25-. The quantitative estimate of drug-likeness (QED) is 0.0195. The summed E-state index contributed by atoms with van der Waals surface area (Å²) < 4.78 is 22.9. The first-order valence-electron chi connectivity index (χ1n) is 38.5. The first kappa shape index (κ1) is 84.8. The highest BCUT2D eigenvalue weighted by Crippen LogP contribution is 2.19. The summed E-state index contributed by atoms with van der Waals surface area (Å²) in [5.74, 6) is -2.25. The first-order chi connectivity index (χ1) is 42.6. The van der Waals surface area contributed by atoms with E-state index >= 15 is 0 Å². The minimum absolute atomic E-state index is 0.151. The van der Waals surface area contributed by atoms with Crippen molar-refractivity contribution in [2.45, 2.75) is 411 Å². The van der Waals surface area contributed by atoms with E-state index in [9.17, 15) is 19.5 Å². The van der Waals surface area contributed by atoms with Gasteiger partial charge in [-0.05, 0) is 64.2 Å². The minimum Gasteiger partial charge on any atom is -0.545 e. The van der Waals surface area contributed by atoms with Crippen LogP contribution >= 0.6 is 0 Å². The lowest BCUT2D eigenvalue weighted by molar-refractivity contribution is -0.870. The summed E-state index contributed by atoms with van der Waals surface area (Å²) in [5, 5.41) is 11.8. The second-order valence-corrected chi connectivity index (χ2v) is 27.6. The fraction of sp³-hybridized carbons (Fsp3) is 0.910. The summed E-state index contributed by atoms with van der Waals surface area (Å²) in [6.45, 7) is 4.83. The molecule has 0 bridgehead atoms. The smallest absolute Gasteiger partial charge is 0.306 e. The van der Waals surface area contributed by atoms with E-state index in [1.807, 2.05) is 21.1 Å². The molecule has 0 fully saturated rings. The van der Waals surface area contributed by atoms with Crippen LogP contribution in [0.15, 0.2) is 24.3 Å². The molecule has 0 aromatic heterocycles. The number of carboxylic acid groups (broad SMARTS) is 1. The SMILES string of the molecule is CCCCCCCCCC/C=C\CCCCCCCCCCCCCCCCCCCCCCCCCCCC(=O)OC(COC(=O)CCCCCCCCCCCCCCC/C=C\CCCCCCCCCC)COC(OCC[N+](C)(C)C)C(=O)[O-]. The molecule has 9 nitrogen and oxygen atoms in total. The molecule has 0 aliphatic carbocycles. The predicted molar refractivity (Wildman–Crippen MR) is 371 cm³/mol. The Morgan fingerprint density at radius 1 is 0.333 bits per heavy atom. The van der Waals surface area contributed by atoms with Gasteiger partial charge in [-0.1, -0.05) is 346 Å². The molecule has 0 aliphatic heterocycles. The Balaban J connectivity index is 3.97. The zero-order valence-electron chi connectivity index (χ0n) is 58.9. The molecule has 0 radical (unpaired) electrons. The van der Waals surface area contributed by atoms with Crippen molar-refractivity contribution in [1.82, 2.24) is 0 Å². The van der Waals surface area contributed by atoms with Gasteiger partial charge in [0.15, 0.2) is 12.4 Å². The maximum atomic E-state index is 13.0. The maximum Gasteiger partial charge on any atom is 0.306 e. The third-order valence-corrected chi connectivity index (χ3v) is 17.7. The highest BCUT2D eigenvalue weighted by molar-refractivity contribution is 5.70. The number of unbranched alkanes of at least 4 members (excludes halogenated alkanes) is 54. The topological polar surface area (TPSA) is 111 Å². The lowest BCUT2D eigenvalue weighted by Gasteiger charge is -2.26. The molecular weight excluding hydrogens is 1080 g/mol. The molecule has 0 saturated carbocycles. The number of esters is 2. The number of nitrogens with zero attached hydrogens (tertiary/aromatic N) is 1. The third kappa shape index (κ3) is 71.1. The number of allylic oxidation sites excluding steroid dienone is 4. The van der Waals surface area contributed by atoms with Gasteiger partial charge in [0, 0.05) is 12.8 Å². The molecule has 87 heavy (non-hydrogen) atoms. The van der Waals surface area contributed by atoms with Gasteiger partial charge in [0.2, 0.25) is 0 Å². The zero-order chi connectivity index (χ0) is 63.3. The van der Waals surface area contributed by atoms with Crippen molar-refractivity contribution >= 4 is 17.9 Å². The van der Waals surface area contributed by atoms with Crippen LogP contribution in [0.1, 0.15) is 399 Å². The van der Waals surface area contributed by atoms with Crippen LogP contribution in [-0.4, -0.2) is 82.3 Å². The normalized spacial score (nSPS) is 12.7. The lowest BCUT2D eigenvalue weighted by atomic mass is 10.0. The van der Waals surface area contributed by atoms with Crippen molar-refractivity contribution in [3.8, 4) is 0 Å². The van der Waals surface area contributed by atoms with Gasteiger partial charge >= 0.3 is 11.9 Å². The van der Waals surface area contributed by atoms with Crippen molar-refractivity contribution in [2.75, 3.05) is 47.5 Å².